The third-order valence-electron chi connectivity index (χ3n) is 3.45. The van der Waals surface area contributed by atoms with Gasteiger partial charge in [-0.3, -0.25) is 0 Å². The van der Waals surface area contributed by atoms with E-state index in [0.717, 1.165) is 23.4 Å². The van der Waals surface area contributed by atoms with Crippen LogP contribution in [0.2, 0.25) is 0 Å². The molecule has 20 heavy (non-hydrogen) atoms. The molecule has 1 aliphatic rings. The van der Waals surface area contributed by atoms with Gasteiger partial charge in [0.1, 0.15) is 4.21 Å². The SMILES string of the molecule is CC(CNS(=O)(=O)c1ccc(Br)s1)CN1CCCCC1. The van der Waals surface area contributed by atoms with Crippen LogP contribution in [0.25, 0.3) is 0 Å². The zero-order valence-electron chi connectivity index (χ0n) is 11.6. The second-order valence-corrected chi connectivity index (χ2v) is 9.83. The molecule has 2 heterocycles. The first-order valence-corrected chi connectivity index (χ1v) is 10.0. The third kappa shape index (κ3) is 4.80. The highest BCUT2D eigenvalue weighted by Crippen LogP contribution is 2.25. The van der Waals surface area contributed by atoms with Crippen LogP contribution in [0, 0.1) is 5.92 Å². The Kier molecular flexibility index (Phi) is 6.04. The van der Waals surface area contributed by atoms with Crippen LogP contribution in [0.15, 0.2) is 20.1 Å². The number of sulfonamides is 1. The molecule has 1 saturated heterocycles. The maximum atomic E-state index is 12.1. The molecule has 1 N–H and O–H groups in total. The minimum absolute atomic E-state index is 0.325. The van der Waals surface area contributed by atoms with E-state index in [2.05, 4.69) is 32.5 Å². The predicted molar refractivity (Wildman–Crippen MR) is 86.7 cm³/mol. The first kappa shape index (κ1) is 16.4. The Balaban J connectivity index is 1.81. The average Bonchev–Trinajstić information content (AvgIpc) is 2.85. The maximum absolute atomic E-state index is 12.1. The number of hydrogen-bond donors (Lipinski definition) is 1. The fourth-order valence-electron chi connectivity index (χ4n) is 2.41. The summed E-state index contributed by atoms with van der Waals surface area (Å²) in [4.78, 5) is 2.43. The van der Waals surface area contributed by atoms with Gasteiger partial charge in [-0.25, -0.2) is 13.1 Å². The van der Waals surface area contributed by atoms with Crippen molar-refractivity contribution in [3.8, 4) is 0 Å². The van der Waals surface area contributed by atoms with E-state index < -0.39 is 10.0 Å². The lowest BCUT2D eigenvalue weighted by Gasteiger charge is -2.29. The van der Waals surface area contributed by atoms with Crippen LogP contribution in [0.3, 0.4) is 0 Å². The number of thiophene rings is 1. The molecule has 0 aromatic carbocycles. The number of likely N-dealkylation sites (tertiary alicyclic amines) is 1. The lowest BCUT2D eigenvalue weighted by atomic mass is 10.1. The molecule has 4 nitrogen and oxygen atoms in total. The lowest BCUT2D eigenvalue weighted by molar-refractivity contribution is 0.201. The predicted octanol–water partition coefficient (Wildman–Crippen LogP) is 2.91. The van der Waals surface area contributed by atoms with Crippen molar-refractivity contribution in [3.63, 3.8) is 0 Å². The van der Waals surface area contributed by atoms with Crippen LogP contribution in [0.4, 0.5) is 0 Å². The number of hydrogen-bond acceptors (Lipinski definition) is 4. The molecule has 0 radical (unpaired) electrons. The molecule has 0 bridgehead atoms. The molecule has 7 heteroatoms. The van der Waals surface area contributed by atoms with E-state index in [0.29, 0.717) is 16.7 Å². The van der Waals surface area contributed by atoms with Crippen LogP contribution >= 0.6 is 27.3 Å². The van der Waals surface area contributed by atoms with Gasteiger partial charge in [-0.2, -0.15) is 0 Å². The molecule has 2 rings (SSSR count). The summed E-state index contributed by atoms with van der Waals surface area (Å²) in [5.41, 5.74) is 0. The van der Waals surface area contributed by atoms with Gasteiger partial charge >= 0.3 is 0 Å². The molecule has 1 aromatic rings. The molecule has 0 saturated carbocycles. The van der Waals surface area contributed by atoms with Gasteiger partial charge in [0.25, 0.3) is 0 Å². The molecule has 1 aromatic heterocycles. The Morgan fingerprint density at radius 1 is 1.35 bits per heavy atom. The van der Waals surface area contributed by atoms with Crippen molar-refractivity contribution in [1.82, 2.24) is 9.62 Å². The van der Waals surface area contributed by atoms with E-state index in [9.17, 15) is 8.42 Å². The van der Waals surface area contributed by atoms with E-state index in [1.807, 2.05) is 0 Å². The monoisotopic (exact) mass is 380 g/mol. The Morgan fingerprint density at radius 2 is 2.05 bits per heavy atom. The smallest absolute Gasteiger partial charge is 0.250 e. The summed E-state index contributed by atoms with van der Waals surface area (Å²) in [6.07, 6.45) is 3.86. The second kappa shape index (κ2) is 7.35. The summed E-state index contributed by atoms with van der Waals surface area (Å²) in [6.45, 7) is 5.86. The van der Waals surface area contributed by atoms with Crippen molar-refractivity contribution in [2.24, 2.45) is 5.92 Å². The Hall–Kier alpha value is 0.0500. The highest BCUT2D eigenvalue weighted by Gasteiger charge is 2.19. The second-order valence-electron chi connectivity index (χ2n) is 5.38. The van der Waals surface area contributed by atoms with E-state index in [1.165, 1.54) is 30.6 Å². The first-order valence-electron chi connectivity index (χ1n) is 6.95. The van der Waals surface area contributed by atoms with Gasteiger partial charge in [-0.1, -0.05) is 13.3 Å². The molecular weight excluding hydrogens is 360 g/mol. The minimum atomic E-state index is -3.36. The average molecular weight is 381 g/mol. The number of piperidine rings is 1. The summed E-state index contributed by atoms with van der Waals surface area (Å²) in [7, 11) is -3.36. The Labute approximate surface area is 133 Å². The summed E-state index contributed by atoms with van der Waals surface area (Å²) in [6, 6.07) is 3.39. The summed E-state index contributed by atoms with van der Waals surface area (Å²) in [5.74, 6) is 0.325. The highest BCUT2D eigenvalue weighted by molar-refractivity contribution is 9.11. The van der Waals surface area contributed by atoms with Crippen molar-refractivity contribution in [1.29, 1.82) is 0 Å². The van der Waals surface area contributed by atoms with Crippen molar-refractivity contribution < 1.29 is 8.42 Å². The Morgan fingerprint density at radius 3 is 2.65 bits per heavy atom. The fraction of sp³-hybridized carbons (Fsp3) is 0.692. The van der Waals surface area contributed by atoms with Gasteiger partial charge in [-0.15, -0.1) is 11.3 Å². The molecule has 1 unspecified atom stereocenters. The van der Waals surface area contributed by atoms with Crippen molar-refractivity contribution >= 4 is 37.3 Å². The molecule has 1 aliphatic heterocycles. The normalized spacial score (nSPS) is 19.1. The molecule has 0 amide bonds. The molecule has 0 spiro atoms. The minimum Gasteiger partial charge on any atom is -0.303 e. The summed E-state index contributed by atoms with van der Waals surface area (Å²) >= 11 is 4.53. The summed E-state index contributed by atoms with van der Waals surface area (Å²) in [5, 5.41) is 0. The van der Waals surface area contributed by atoms with Gasteiger partial charge in [0.05, 0.1) is 3.79 Å². The van der Waals surface area contributed by atoms with Gasteiger partial charge in [-0.05, 0) is 59.9 Å². The van der Waals surface area contributed by atoms with Gasteiger partial charge in [0.15, 0.2) is 0 Å². The van der Waals surface area contributed by atoms with Gasteiger partial charge in [0, 0.05) is 13.1 Å². The quantitative estimate of drug-likeness (QED) is 0.825. The van der Waals surface area contributed by atoms with Crippen LogP contribution in [0.5, 0.6) is 0 Å². The van der Waals surface area contributed by atoms with Crippen molar-refractivity contribution in [2.75, 3.05) is 26.2 Å². The third-order valence-corrected chi connectivity index (χ3v) is 6.99. The topological polar surface area (TPSA) is 49.4 Å². The zero-order chi connectivity index (χ0) is 14.6. The fourth-order valence-corrected chi connectivity index (χ4v) is 5.63. The molecule has 1 atom stereocenters. The van der Waals surface area contributed by atoms with Gasteiger partial charge < -0.3 is 4.90 Å². The molecular formula is C13H21BrN2O2S2. The Bertz CT molecular complexity index is 524. The zero-order valence-corrected chi connectivity index (χ0v) is 14.9. The van der Waals surface area contributed by atoms with Crippen LogP contribution in [0.1, 0.15) is 26.2 Å². The van der Waals surface area contributed by atoms with Crippen molar-refractivity contribution in [2.45, 2.75) is 30.4 Å². The van der Waals surface area contributed by atoms with E-state index in [1.54, 1.807) is 12.1 Å². The largest absolute Gasteiger partial charge is 0.303 e. The maximum Gasteiger partial charge on any atom is 0.250 e. The molecule has 114 valence electrons. The molecule has 0 aliphatic carbocycles. The lowest BCUT2D eigenvalue weighted by Crippen LogP contribution is -2.37. The number of nitrogens with one attached hydrogen (secondary N) is 1. The first-order chi connectivity index (χ1) is 9.47. The standard InChI is InChI=1S/C13H21BrN2O2S2/c1-11(10-16-7-3-2-4-8-16)9-15-20(17,18)13-6-5-12(14)19-13/h5-6,11,15H,2-4,7-10H2,1H3. The van der Waals surface area contributed by atoms with E-state index in [4.69, 9.17) is 0 Å². The van der Waals surface area contributed by atoms with Crippen molar-refractivity contribution in [3.05, 3.63) is 15.9 Å². The van der Waals surface area contributed by atoms with Crippen LogP contribution in [-0.2, 0) is 10.0 Å². The number of rotatable bonds is 6. The van der Waals surface area contributed by atoms with Crippen LogP contribution < -0.4 is 4.72 Å². The van der Waals surface area contributed by atoms with Crippen LogP contribution in [-0.4, -0.2) is 39.5 Å². The highest BCUT2D eigenvalue weighted by atomic mass is 79.9. The molecule has 1 fully saturated rings. The van der Waals surface area contributed by atoms with Gasteiger partial charge in [0.2, 0.25) is 10.0 Å². The summed E-state index contributed by atoms with van der Waals surface area (Å²) < 4.78 is 28.1. The van der Waals surface area contributed by atoms with E-state index >= 15 is 0 Å². The number of halogens is 1. The number of nitrogens with zero attached hydrogens (tertiary/aromatic N) is 1. The van der Waals surface area contributed by atoms with E-state index in [-0.39, 0.29) is 0 Å².